The summed E-state index contributed by atoms with van der Waals surface area (Å²) in [6, 6.07) is 18.8. The van der Waals surface area contributed by atoms with Crippen molar-refractivity contribution in [3.05, 3.63) is 71.8 Å². The normalized spacial score (nSPS) is 19.6. The first-order valence-corrected chi connectivity index (χ1v) is 10.6. The average molecular weight is 376 g/mol. The smallest absolute Gasteiger partial charge is 0.0991 e. The van der Waals surface area contributed by atoms with Gasteiger partial charge in [-0.3, -0.25) is 4.39 Å². The molecule has 0 radical (unpaired) electrons. The molecule has 0 amide bonds. The first-order chi connectivity index (χ1) is 13.8. The molecule has 0 aromatic heterocycles. The molecule has 2 aromatic carbocycles. The number of rotatable bonds is 8. The van der Waals surface area contributed by atoms with Gasteiger partial charge in [0.05, 0.1) is 18.3 Å². The molecule has 1 aliphatic carbocycles. The predicted octanol–water partition coefficient (Wildman–Crippen LogP) is 7.27. The Morgan fingerprint density at radius 1 is 0.857 bits per heavy atom. The van der Waals surface area contributed by atoms with Crippen LogP contribution in [0.2, 0.25) is 0 Å². The van der Waals surface area contributed by atoms with Crippen LogP contribution in [0.5, 0.6) is 0 Å². The second-order valence-electron chi connectivity index (χ2n) is 8.00. The Morgan fingerprint density at radius 2 is 1.46 bits per heavy atom. The fraction of sp³-hybridized carbons (Fsp3) is 0.423. The van der Waals surface area contributed by atoms with E-state index in [4.69, 9.17) is 5.26 Å². The molecule has 146 valence electrons. The summed E-state index contributed by atoms with van der Waals surface area (Å²) < 4.78 is 12.1. The van der Waals surface area contributed by atoms with Gasteiger partial charge in [-0.25, -0.2) is 0 Å². The van der Waals surface area contributed by atoms with Gasteiger partial charge in [0.25, 0.3) is 0 Å². The Hall–Kier alpha value is -2.40. The minimum atomic E-state index is -0.238. The van der Waals surface area contributed by atoms with Crippen LogP contribution in [0.3, 0.4) is 0 Å². The molecule has 1 aliphatic rings. The number of hydrogen-bond donors (Lipinski definition) is 0. The predicted molar refractivity (Wildman–Crippen MR) is 115 cm³/mol. The molecule has 0 unspecified atom stereocenters. The summed E-state index contributed by atoms with van der Waals surface area (Å²) in [5, 5.41) is 8.91. The van der Waals surface area contributed by atoms with Crippen molar-refractivity contribution in [3.63, 3.8) is 0 Å². The van der Waals surface area contributed by atoms with Crippen LogP contribution < -0.4 is 0 Å². The van der Waals surface area contributed by atoms with Gasteiger partial charge in [-0.2, -0.15) is 5.26 Å². The lowest BCUT2D eigenvalue weighted by Crippen LogP contribution is -2.14. The summed E-state index contributed by atoms with van der Waals surface area (Å²) in [6.45, 7) is -0.238. The average Bonchev–Trinajstić information content (AvgIpc) is 2.76. The summed E-state index contributed by atoms with van der Waals surface area (Å²) in [7, 11) is 0. The molecule has 2 aromatic rings. The van der Waals surface area contributed by atoms with E-state index in [1.165, 1.54) is 43.2 Å². The number of nitriles is 1. The standard InChI is InChI=1S/C26H30FN/c27-19-3-1-2-4-21-5-7-22(8-6-21)9-10-23-11-15-25(16-12-23)26-17-13-24(20-28)14-18-26/h1-2,11-18,21-22H,3-10,19H2/b2-1+/t21-,22-. The van der Waals surface area contributed by atoms with Crippen molar-refractivity contribution in [1.29, 1.82) is 5.26 Å². The molecule has 1 saturated carbocycles. The van der Waals surface area contributed by atoms with Crippen molar-refractivity contribution in [2.75, 3.05) is 6.67 Å². The van der Waals surface area contributed by atoms with Crippen LogP contribution in [0, 0.1) is 23.2 Å². The lowest BCUT2D eigenvalue weighted by molar-refractivity contribution is 0.265. The lowest BCUT2D eigenvalue weighted by Gasteiger charge is -2.28. The second kappa shape index (κ2) is 10.8. The quantitative estimate of drug-likeness (QED) is 0.445. The fourth-order valence-corrected chi connectivity index (χ4v) is 4.20. The zero-order valence-corrected chi connectivity index (χ0v) is 16.6. The van der Waals surface area contributed by atoms with Crippen molar-refractivity contribution in [2.24, 2.45) is 11.8 Å². The van der Waals surface area contributed by atoms with E-state index in [9.17, 15) is 4.39 Å². The number of halogens is 1. The van der Waals surface area contributed by atoms with E-state index in [2.05, 4.69) is 36.4 Å². The monoisotopic (exact) mass is 375 g/mol. The number of hydrogen-bond acceptors (Lipinski definition) is 1. The molecule has 0 bridgehead atoms. The van der Waals surface area contributed by atoms with E-state index in [-0.39, 0.29) is 6.67 Å². The summed E-state index contributed by atoms with van der Waals surface area (Å²) in [4.78, 5) is 0. The second-order valence-corrected chi connectivity index (χ2v) is 8.00. The van der Waals surface area contributed by atoms with Gasteiger partial charge in [0.15, 0.2) is 0 Å². The van der Waals surface area contributed by atoms with E-state index in [0.717, 1.165) is 30.2 Å². The van der Waals surface area contributed by atoms with Crippen LogP contribution >= 0.6 is 0 Å². The maximum atomic E-state index is 12.1. The van der Waals surface area contributed by atoms with Crippen molar-refractivity contribution in [3.8, 4) is 17.2 Å². The third-order valence-electron chi connectivity index (χ3n) is 6.02. The molecule has 0 atom stereocenters. The van der Waals surface area contributed by atoms with E-state index in [0.29, 0.717) is 12.0 Å². The van der Waals surface area contributed by atoms with Gasteiger partial charge >= 0.3 is 0 Å². The van der Waals surface area contributed by atoms with E-state index < -0.39 is 0 Å². The highest BCUT2D eigenvalue weighted by molar-refractivity contribution is 5.64. The third-order valence-corrected chi connectivity index (χ3v) is 6.02. The van der Waals surface area contributed by atoms with Crippen LogP contribution in [0.15, 0.2) is 60.7 Å². The molecule has 1 fully saturated rings. The summed E-state index contributed by atoms with van der Waals surface area (Å²) in [6.07, 6.45) is 13.6. The van der Waals surface area contributed by atoms with Crippen molar-refractivity contribution in [1.82, 2.24) is 0 Å². The van der Waals surface area contributed by atoms with Gasteiger partial charge in [0.1, 0.15) is 0 Å². The van der Waals surface area contributed by atoms with Crippen LogP contribution in [-0.4, -0.2) is 6.67 Å². The minimum absolute atomic E-state index is 0.238. The fourth-order valence-electron chi connectivity index (χ4n) is 4.20. The summed E-state index contributed by atoms with van der Waals surface area (Å²) >= 11 is 0. The number of allylic oxidation sites excluding steroid dienone is 2. The first-order valence-electron chi connectivity index (χ1n) is 10.6. The molecule has 0 heterocycles. The molecular formula is C26H30FN. The molecule has 1 nitrogen and oxygen atoms in total. The van der Waals surface area contributed by atoms with Crippen molar-refractivity contribution < 1.29 is 4.39 Å². The van der Waals surface area contributed by atoms with Gasteiger partial charge < -0.3 is 0 Å². The SMILES string of the molecule is N#Cc1ccc(-c2ccc(CC[C@H]3CC[C@H](C/C=C/CCF)CC3)cc2)cc1. The molecule has 2 heteroatoms. The maximum Gasteiger partial charge on any atom is 0.0991 e. The zero-order valence-electron chi connectivity index (χ0n) is 16.6. The van der Waals surface area contributed by atoms with Crippen LogP contribution in [0.25, 0.3) is 11.1 Å². The highest BCUT2D eigenvalue weighted by atomic mass is 19.1. The van der Waals surface area contributed by atoms with Gasteiger partial charge in [-0.15, -0.1) is 0 Å². The summed E-state index contributed by atoms with van der Waals surface area (Å²) in [5.74, 6) is 1.66. The Bertz CT molecular complexity index is 775. The Labute approximate surface area is 168 Å². The van der Waals surface area contributed by atoms with Crippen molar-refractivity contribution in [2.45, 2.75) is 51.4 Å². The molecule has 3 rings (SSSR count). The highest BCUT2D eigenvalue weighted by Crippen LogP contribution is 2.33. The molecule has 0 N–H and O–H groups in total. The van der Waals surface area contributed by atoms with Gasteiger partial charge in [0, 0.05) is 0 Å². The minimum Gasteiger partial charge on any atom is -0.251 e. The largest absolute Gasteiger partial charge is 0.251 e. The van der Waals surface area contributed by atoms with Gasteiger partial charge in [0.2, 0.25) is 0 Å². The Morgan fingerprint density at radius 3 is 2.07 bits per heavy atom. The third kappa shape index (κ3) is 6.06. The number of benzene rings is 2. The number of nitrogens with zero attached hydrogens (tertiary/aromatic N) is 1. The molecule has 28 heavy (non-hydrogen) atoms. The zero-order chi connectivity index (χ0) is 19.6. The van der Waals surface area contributed by atoms with Crippen LogP contribution in [-0.2, 0) is 6.42 Å². The number of alkyl halides is 1. The van der Waals surface area contributed by atoms with E-state index in [1.54, 1.807) is 0 Å². The van der Waals surface area contributed by atoms with Gasteiger partial charge in [-0.1, -0.05) is 61.4 Å². The van der Waals surface area contributed by atoms with Crippen molar-refractivity contribution >= 4 is 0 Å². The number of aryl methyl sites for hydroxylation is 1. The van der Waals surface area contributed by atoms with Crippen LogP contribution in [0.4, 0.5) is 4.39 Å². The van der Waals surface area contributed by atoms with Gasteiger partial charge in [-0.05, 0) is 79.2 Å². The molecule has 0 aliphatic heterocycles. The molecule has 0 spiro atoms. The van der Waals surface area contributed by atoms with E-state index >= 15 is 0 Å². The maximum absolute atomic E-state index is 12.1. The topological polar surface area (TPSA) is 23.8 Å². The summed E-state index contributed by atoms with van der Waals surface area (Å²) in [5.41, 5.74) is 4.47. The first kappa shape index (κ1) is 20.3. The Kier molecular flexibility index (Phi) is 7.85. The highest BCUT2D eigenvalue weighted by Gasteiger charge is 2.20. The molecule has 0 saturated heterocycles. The van der Waals surface area contributed by atoms with E-state index in [1.807, 2.05) is 30.3 Å². The van der Waals surface area contributed by atoms with Crippen LogP contribution in [0.1, 0.15) is 56.1 Å². The Balaban J connectivity index is 1.42. The molecular weight excluding hydrogens is 345 g/mol. The lowest BCUT2D eigenvalue weighted by atomic mass is 9.78.